The van der Waals surface area contributed by atoms with Crippen LogP contribution < -0.4 is 0 Å². The van der Waals surface area contributed by atoms with Crippen LogP contribution in [0.2, 0.25) is 0 Å². The van der Waals surface area contributed by atoms with Crippen molar-refractivity contribution in [2.75, 3.05) is 12.4 Å². The van der Waals surface area contributed by atoms with Gasteiger partial charge in [0.1, 0.15) is 0 Å². The Morgan fingerprint density at radius 3 is 2.63 bits per heavy atom. The van der Waals surface area contributed by atoms with Crippen LogP contribution in [-0.4, -0.2) is 28.5 Å². The van der Waals surface area contributed by atoms with Gasteiger partial charge in [0.2, 0.25) is 5.89 Å². The van der Waals surface area contributed by atoms with E-state index < -0.39 is 0 Å². The van der Waals surface area contributed by atoms with Crippen LogP contribution in [0.25, 0.3) is 22.2 Å². The van der Waals surface area contributed by atoms with E-state index in [1.165, 1.54) is 11.8 Å². The van der Waals surface area contributed by atoms with Gasteiger partial charge in [-0.1, -0.05) is 84.3 Å². The van der Waals surface area contributed by atoms with Gasteiger partial charge >= 0.3 is 5.97 Å². The molecule has 0 saturated carbocycles. The molecule has 0 N–H and O–H groups in total. The minimum Gasteiger partial charge on any atom is -0.452 e. The summed E-state index contributed by atoms with van der Waals surface area (Å²) >= 11 is 1.34. The Bertz CT molecular complexity index is 1200. The number of hydrogen-bond donors (Lipinski definition) is 0. The maximum absolute atomic E-state index is 12.1. The molecule has 0 fully saturated rings. The van der Waals surface area contributed by atoms with Gasteiger partial charge in [-0.2, -0.15) is 0 Å². The number of esters is 1. The summed E-state index contributed by atoms with van der Waals surface area (Å²) in [5, 5.41) is 10.7. The van der Waals surface area contributed by atoms with Crippen molar-refractivity contribution >= 4 is 28.5 Å². The van der Waals surface area contributed by atoms with Gasteiger partial charge in [-0.05, 0) is 28.5 Å². The minimum atomic E-state index is -0.294. The summed E-state index contributed by atoms with van der Waals surface area (Å²) in [7, 11) is 0. The van der Waals surface area contributed by atoms with E-state index in [4.69, 9.17) is 9.15 Å². The van der Waals surface area contributed by atoms with Crippen molar-refractivity contribution < 1.29 is 13.9 Å². The van der Waals surface area contributed by atoms with Gasteiger partial charge in [-0.15, -0.1) is 10.2 Å². The van der Waals surface area contributed by atoms with E-state index in [9.17, 15) is 4.79 Å². The summed E-state index contributed by atoms with van der Waals surface area (Å²) in [6.45, 7) is 0.0588. The van der Waals surface area contributed by atoms with Crippen LogP contribution in [0.15, 0.2) is 82.4 Å². The number of carbonyl (C=O) groups is 1. The molecule has 0 atom stereocenters. The first-order valence-corrected chi connectivity index (χ1v) is 10.4. The van der Waals surface area contributed by atoms with E-state index in [-0.39, 0.29) is 19.0 Å². The quantitative estimate of drug-likeness (QED) is 0.257. The third kappa shape index (κ3) is 5.07. The molecule has 0 aliphatic carbocycles. The number of ether oxygens (including phenoxy) is 1. The second kappa shape index (κ2) is 9.77. The van der Waals surface area contributed by atoms with Crippen molar-refractivity contribution in [2.24, 2.45) is 0 Å². The molecule has 0 saturated heterocycles. The summed E-state index contributed by atoms with van der Waals surface area (Å²) in [4.78, 5) is 12.1. The van der Waals surface area contributed by atoms with E-state index in [1.807, 2.05) is 72.8 Å². The Morgan fingerprint density at radius 2 is 1.73 bits per heavy atom. The van der Waals surface area contributed by atoms with E-state index in [0.29, 0.717) is 16.9 Å². The maximum Gasteiger partial charge on any atom is 0.311 e. The molecule has 0 spiro atoms. The number of nitrogens with zero attached hydrogens (tertiary/aromatic N) is 2. The molecule has 0 aliphatic rings. The Kier molecular flexibility index (Phi) is 6.43. The van der Waals surface area contributed by atoms with Gasteiger partial charge in [0.05, 0.1) is 12.2 Å². The fraction of sp³-hybridized carbons (Fsp3) is 0.125. The van der Waals surface area contributed by atoms with Crippen LogP contribution >= 0.6 is 11.8 Å². The first-order valence-electron chi connectivity index (χ1n) is 9.39. The molecule has 1 aromatic heterocycles. The Labute approximate surface area is 178 Å². The van der Waals surface area contributed by atoms with Crippen LogP contribution in [0.3, 0.4) is 0 Å². The molecule has 1 heterocycles. The van der Waals surface area contributed by atoms with Crippen molar-refractivity contribution in [1.82, 2.24) is 10.2 Å². The third-order valence-electron chi connectivity index (χ3n) is 4.34. The average molecular weight is 414 g/mol. The van der Waals surface area contributed by atoms with Crippen LogP contribution in [0, 0.1) is 11.8 Å². The zero-order valence-corrected chi connectivity index (χ0v) is 16.9. The molecule has 6 heteroatoms. The Hall–Kier alpha value is -3.56. The van der Waals surface area contributed by atoms with Gasteiger partial charge in [0.15, 0.2) is 6.61 Å². The molecule has 0 amide bonds. The van der Waals surface area contributed by atoms with Crippen LogP contribution in [-0.2, 0) is 16.0 Å². The molecule has 0 radical (unpaired) electrons. The van der Waals surface area contributed by atoms with Crippen molar-refractivity contribution in [3.63, 3.8) is 0 Å². The Balaban J connectivity index is 1.23. The number of carbonyl (C=O) groups excluding carboxylic acids is 1. The van der Waals surface area contributed by atoms with E-state index >= 15 is 0 Å². The molecule has 3 aromatic carbocycles. The van der Waals surface area contributed by atoms with Crippen LogP contribution in [0.1, 0.15) is 5.56 Å². The van der Waals surface area contributed by atoms with Gasteiger partial charge in [-0.25, -0.2) is 0 Å². The third-order valence-corrected chi connectivity index (χ3v) is 5.04. The summed E-state index contributed by atoms with van der Waals surface area (Å²) < 4.78 is 10.8. The number of fused-ring (bicyclic) bond motifs is 1. The topological polar surface area (TPSA) is 65.2 Å². The van der Waals surface area contributed by atoms with Crippen LogP contribution in [0.4, 0.5) is 0 Å². The molecule has 4 aromatic rings. The highest BCUT2D eigenvalue weighted by molar-refractivity contribution is 7.99. The van der Waals surface area contributed by atoms with Gasteiger partial charge in [0.25, 0.3) is 5.22 Å². The van der Waals surface area contributed by atoms with E-state index in [0.717, 1.165) is 21.9 Å². The number of rotatable bonds is 6. The van der Waals surface area contributed by atoms with Crippen molar-refractivity contribution in [3.8, 4) is 23.3 Å². The highest BCUT2D eigenvalue weighted by atomic mass is 32.2. The molecular formula is C24H18N2O3S. The van der Waals surface area contributed by atoms with Gasteiger partial charge < -0.3 is 9.15 Å². The lowest BCUT2D eigenvalue weighted by molar-refractivity contribution is -0.141. The molecule has 5 nitrogen and oxygen atoms in total. The average Bonchev–Trinajstić information content (AvgIpc) is 3.26. The van der Waals surface area contributed by atoms with Gasteiger partial charge in [-0.3, -0.25) is 4.79 Å². The van der Waals surface area contributed by atoms with Gasteiger partial charge in [0, 0.05) is 5.56 Å². The maximum atomic E-state index is 12.1. The second-order valence-corrected chi connectivity index (χ2v) is 7.28. The molecule has 0 unspecified atom stereocenters. The number of thioether (sulfide) groups is 1. The molecule has 0 aliphatic heterocycles. The second-order valence-electron chi connectivity index (χ2n) is 6.36. The number of benzene rings is 3. The molecule has 4 rings (SSSR count). The first-order chi connectivity index (χ1) is 14.8. The highest BCUT2D eigenvalue weighted by Crippen LogP contribution is 2.22. The van der Waals surface area contributed by atoms with E-state index in [2.05, 4.69) is 22.0 Å². The predicted octanol–water partition coefficient (Wildman–Crippen LogP) is 4.77. The zero-order valence-electron chi connectivity index (χ0n) is 16.1. The SMILES string of the molecule is O=C(Cc1cccc2ccccc12)OCC#CCSc1nnc(-c2ccccc2)o1. The normalized spacial score (nSPS) is 10.4. The first kappa shape index (κ1) is 19.7. The summed E-state index contributed by atoms with van der Waals surface area (Å²) in [6, 6.07) is 23.5. The van der Waals surface area contributed by atoms with Crippen LogP contribution in [0.5, 0.6) is 0 Å². The predicted molar refractivity (Wildman–Crippen MR) is 117 cm³/mol. The standard InChI is InChI=1S/C24H18N2O3S/c27-22(17-20-13-8-12-18-9-4-5-14-21(18)20)28-15-6-7-16-30-24-26-25-23(29-24)19-10-2-1-3-11-19/h1-5,8-14H,15-17H2. The molecular weight excluding hydrogens is 396 g/mol. The molecule has 30 heavy (non-hydrogen) atoms. The molecule has 0 bridgehead atoms. The van der Waals surface area contributed by atoms with Crippen molar-refractivity contribution in [3.05, 3.63) is 78.4 Å². The summed E-state index contributed by atoms with van der Waals surface area (Å²) in [5.41, 5.74) is 1.83. The summed E-state index contributed by atoms with van der Waals surface area (Å²) in [5.74, 6) is 6.44. The van der Waals surface area contributed by atoms with E-state index in [1.54, 1.807) is 0 Å². The lowest BCUT2D eigenvalue weighted by Crippen LogP contribution is -2.08. The highest BCUT2D eigenvalue weighted by Gasteiger charge is 2.08. The minimum absolute atomic E-state index is 0.0588. The van der Waals surface area contributed by atoms with Crippen molar-refractivity contribution in [2.45, 2.75) is 11.6 Å². The van der Waals surface area contributed by atoms with Crippen molar-refractivity contribution in [1.29, 1.82) is 0 Å². The fourth-order valence-electron chi connectivity index (χ4n) is 2.94. The number of aromatic nitrogens is 2. The fourth-order valence-corrected chi connectivity index (χ4v) is 3.47. The lowest BCUT2D eigenvalue weighted by atomic mass is 10.0. The largest absolute Gasteiger partial charge is 0.452 e. The molecule has 148 valence electrons. The zero-order chi connectivity index (χ0) is 20.6. The number of hydrogen-bond acceptors (Lipinski definition) is 6. The smallest absolute Gasteiger partial charge is 0.311 e. The summed E-state index contributed by atoms with van der Waals surface area (Å²) in [6.07, 6.45) is 0.224. The lowest BCUT2D eigenvalue weighted by Gasteiger charge is -2.05. The monoisotopic (exact) mass is 414 g/mol. The Morgan fingerprint density at radius 1 is 0.933 bits per heavy atom.